The van der Waals surface area contributed by atoms with Gasteiger partial charge in [0.25, 0.3) is 5.91 Å². The predicted molar refractivity (Wildman–Crippen MR) is 90.2 cm³/mol. The van der Waals surface area contributed by atoms with E-state index in [1.54, 1.807) is 24.3 Å². The fraction of sp³-hybridized carbons (Fsp3) is 0.200. The highest BCUT2D eigenvalue weighted by atomic mass is 79.9. The number of pyridine rings is 1. The number of anilines is 2. The number of rotatable bonds is 4. The van der Waals surface area contributed by atoms with Crippen LogP contribution < -0.4 is 10.6 Å². The van der Waals surface area contributed by atoms with E-state index < -0.39 is 0 Å². The SMILES string of the molecule is CCNc1ccc(Cl)cc1C(=O)Nc1ccc(Br)c(C)n1. The van der Waals surface area contributed by atoms with Crippen LogP contribution in [0.3, 0.4) is 0 Å². The molecule has 1 heterocycles. The summed E-state index contributed by atoms with van der Waals surface area (Å²) < 4.78 is 0.900. The van der Waals surface area contributed by atoms with Gasteiger partial charge in [0, 0.05) is 21.7 Å². The van der Waals surface area contributed by atoms with E-state index in [9.17, 15) is 4.79 Å². The Morgan fingerprint density at radius 1 is 1.33 bits per heavy atom. The van der Waals surface area contributed by atoms with E-state index in [1.165, 1.54) is 0 Å². The van der Waals surface area contributed by atoms with Gasteiger partial charge in [0.1, 0.15) is 5.82 Å². The van der Waals surface area contributed by atoms with Gasteiger partial charge in [-0.05, 0) is 60.1 Å². The second kappa shape index (κ2) is 6.91. The minimum absolute atomic E-state index is 0.248. The zero-order valence-corrected chi connectivity index (χ0v) is 14.0. The monoisotopic (exact) mass is 367 g/mol. The highest BCUT2D eigenvalue weighted by Crippen LogP contribution is 2.22. The minimum Gasteiger partial charge on any atom is -0.385 e. The number of carbonyl (C=O) groups is 1. The molecular weight excluding hydrogens is 354 g/mol. The number of halogens is 2. The number of nitrogens with zero attached hydrogens (tertiary/aromatic N) is 1. The molecule has 0 unspecified atom stereocenters. The number of nitrogens with one attached hydrogen (secondary N) is 2. The Balaban J connectivity index is 2.27. The van der Waals surface area contributed by atoms with Crippen molar-refractivity contribution >= 4 is 44.9 Å². The molecule has 2 aromatic rings. The molecule has 1 aromatic carbocycles. The molecule has 0 saturated heterocycles. The summed E-state index contributed by atoms with van der Waals surface area (Å²) >= 11 is 9.36. The highest BCUT2D eigenvalue weighted by Gasteiger charge is 2.13. The molecule has 0 spiro atoms. The first-order chi connectivity index (χ1) is 10.0. The van der Waals surface area contributed by atoms with Crippen molar-refractivity contribution in [1.82, 2.24) is 4.98 Å². The molecule has 0 bridgehead atoms. The number of aryl methyl sites for hydroxylation is 1. The Morgan fingerprint density at radius 2 is 2.10 bits per heavy atom. The molecule has 0 aliphatic carbocycles. The van der Waals surface area contributed by atoms with E-state index in [1.807, 2.05) is 19.9 Å². The molecule has 4 nitrogen and oxygen atoms in total. The molecule has 0 aliphatic heterocycles. The summed E-state index contributed by atoms with van der Waals surface area (Å²) in [6.45, 7) is 4.55. The summed E-state index contributed by atoms with van der Waals surface area (Å²) in [4.78, 5) is 16.7. The lowest BCUT2D eigenvalue weighted by Gasteiger charge is -2.11. The van der Waals surface area contributed by atoms with Crippen molar-refractivity contribution in [3.63, 3.8) is 0 Å². The van der Waals surface area contributed by atoms with Crippen LogP contribution in [0.15, 0.2) is 34.8 Å². The van der Waals surface area contributed by atoms with Crippen molar-refractivity contribution in [2.45, 2.75) is 13.8 Å². The maximum absolute atomic E-state index is 12.4. The number of benzene rings is 1. The standard InChI is InChI=1S/C15H15BrClN3O/c1-3-18-13-6-4-10(17)8-11(13)15(21)20-14-7-5-12(16)9(2)19-14/h4-8,18H,3H2,1-2H3,(H,19,20,21). The van der Waals surface area contributed by atoms with Crippen molar-refractivity contribution in [2.75, 3.05) is 17.2 Å². The number of hydrogen-bond acceptors (Lipinski definition) is 3. The maximum atomic E-state index is 12.4. The van der Waals surface area contributed by atoms with Crippen LogP contribution in [0.25, 0.3) is 0 Å². The molecule has 21 heavy (non-hydrogen) atoms. The summed E-state index contributed by atoms with van der Waals surface area (Å²) in [5.74, 6) is 0.255. The zero-order valence-electron chi connectivity index (χ0n) is 11.7. The van der Waals surface area contributed by atoms with Crippen LogP contribution in [0.1, 0.15) is 23.0 Å². The van der Waals surface area contributed by atoms with Gasteiger partial charge in [-0.1, -0.05) is 11.6 Å². The summed E-state index contributed by atoms with van der Waals surface area (Å²) in [5.41, 5.74) is 2.05. The van der Waals surface area contributed by atoms with Crippen molar-refractivity contribution < 1.29 is 4.79 Å². The number of amides is 1. The van der Waals surface area contributed by atoms with E-state index in [0.29, 0.717) is 16.4 Å². The molecule has 6 heteroatoms. The van der Waals surface area contributed by atoms with Gasteiger partial charge in [-0.15, -0.1) is 0 Å². The topological polar surface area (TPSA) is 54.0 Å². The van der Waals surface area contributed by atoms with E-state index in [4.69, 9.17) is 11.6 Å². The van der Waals surface area contributed by atoms with Crippen LogP contribution in [0.5, 0.6) is 0 Å². The smallest absolute Gasteiger partial charge is 0.258 e. The molecule has 0 atom stereocenters. The third-order valence-electron chi connectivity index (χ3n) is 2.86. The first-order valence-electron chi connectivity index (χ1n) is 6.49. The van der Waals surface area contributed by atoms with Crippen molar-refractivity contribution in [1.29, 1.82) is 0 Å². The van der Waals surface area contributed by atoms with Crippen LogP contribution in [0.4, 0.5) is 11.5 Å². The maximum Gasteiger partial charge on any atom is 0.258 e. The molecule has 2 N–H and O–H groups in total. The van der Waals surface area contributed by atoms with Gasteiger partial charge >= 0.3 is 0 Å². The predicted octanol–water partition coefficient (Wildman–Crippen LogP) is 4.49. The lowest BCUT2D eigenvalue weighted by Crippen LogP contribution is -2.16. The fourth-order valence-corrected chi connectivity index (χ4v) is 2.24. The second-order valence-electron chi connectivity index (χ2n) is 4.44. The van der Waals surface area contributed by atoms with E-state index in [-0.39, 0.29) is 5.91 Å². The van der Waals surface area contributed by atoms with Crippen molar-refractivity contribution in [2.24, 2.45) is 0 Å². The molecule has 110 valence electrons. The van der Waals surface area contributed by atoms with Gasteiger partial charge in [0.15, 0.2) is 0 Å². The number of aromatic nitrogens is 1. The molecule has 0 saturated carbocycles. The first-order valence-corrected chi connectivity index (χ1v) is 7.66. The zero-order chi connectivity index (χ0) is 15.4. The minimum atomic E-state index is -0.248. The summed E-state index contributed by atoms with van der Waals surface area (Å²) in [6.07, 6.45) is 0. The average Bonchev–Trinajstić information content (AvgIpc) is 2.45. The fourth-order valence-electron chi connectivity index (χ4n) is 1.85. The Kier molecular flexibility index (Phi) is 5.20. The lowest BCUT2D eigenvalue weighted by molar-refractivity contribution is 0.102. The molecule has 0 aliphatic rings. The van der Waals surface area contributed by atoms with Gasteiger partial charge < -0.3 is 10.6 Å². The van der Waals surface area contributed by atoms with Crippen molar-refractivity contribution in [3.05, 3.63) is 51.1 Å². The second-order valence-corrected chi connectivity index (χ2v) is 5.73. The summed E-state index contributed by atoms with van der Waals surface area (Å²) in [5, 5.41) is 6.44. The molecule has 0 radical (unpaired) electrons. The molecular formula is C15H15BrClN3O. The van der Waals surface area contributed by atoms with Gasteiger partial charge in [-0.2, -0.15) is 0 Å². The van der Waals surface area contributed by atoms with Crippen LogP contribution in [0, 0.1) is 6.92 Å². The van der Waals surface area contributed by atoms with Crippen LogP contribution in [-0.2, 0) is 0 Å². The lowest BCUT2D eigenvalue weighted by atomic mass is 10.1. The van der Waals surface area contributed by atoms with Crippen LogP contribution in [0.2, 0.25) is 5.02 Å². The summed E-state index contributed by atoms with van der Waals surface area (Å²) in [7, 11) is 0. The number of hydrogen-bond donors (Lipinski definition) is 2. The average molecular weight is 369 g/mol. The van der Waals surface area contributed by atoms with Gasteiger partial charge in [0.05, 0.1) is 11.3 Å². The third kappa shape index (κ3) is 3.95. The van der Waals surface area contributed by atoms with Gasteiger partial charge in [-0.3, -0.25) is 4.79 Å². The largest absolute Gasteiger partial charge is 0.385 e. The van der Waals surface area contributed by atoms with Crippen LogP contribution >= 0.6 is 27.5 Å². The Bertz CT molecular complexity index is 676. The number of carbonyl (C=O) groups excluding carboxylic acids is 1. The Morgan fingerprint density at radius 3 is 2.76 bits per heavy atom. The molecule has 1 amide bonds. The Hall–Kier alpha value is -1.59. The molecule has 2 rings (SSSR count). The highest BCUT2D eigenvalue weighted by molar-refractivity contribution is 9.10. The van der Waals surface area contributed by atoms with E-state index >= 15 is 0 Å². The molecule has 0 fully saturated rings. The Labute approximate surface area is 137 Å². The van der Waals surface area contributed by atoms with E-state index in [0.717, 1.165) is 22.4 Å². The van der Waals surface area contributed by atoms with E-state index in [2.05, 4.69) is 31.5 Å². The quantitative estimate of drug-likeness (QED) is 0.836. The normalized spacial score (nSPS) is 10.3. The summed E-state index contributed by atoms with van der Waals surface area (Å²) in [6, 6.07) is 8.77. The third-order valence-corrected chi connectivity index (χ3v) is 3.93. The van der Waals surface area contributed by atoms with Gasteiger partial charge in [-0.25, -0.2) is 4.98 Å². The van der Waals surface area contributed by atoms with Gasteiger partial charge in [0.2, 0.25) is 0 Å². The molecule has 1 aromatic heterocycles. The first kappa shape index (κ1) is 15.8. The van der Waals surface area contributed by atoms with Crippen LogP contribution in [-0.4, -0.2) is 17.4 Å². The van der Waals surface area contributed by atoms with Crippen molar-refractivity contribution in [3.8, 4) is 0 Å².